The number of nitrogens with zero attached hydrogens (tertiary/aromatic N) is 2. The molecule has 0 spiro atoms. The SMILES string of the molecule is CC(C)(C)[Si](C)(C)Oc1cncc(C#N)c1. The van der Waals surface area contributed by atoms with Gasteiger partial charge in [-0.15, -0.1) is 0 Å². The van der Waals surface area contributed by atoms with Crippen LogP contribution in [0, 0.1) is 11.3 Å². The Morgan fingerprint density at radius 2 is 1.94 bits per heavy atom. The molecule has 16 heavy (non-hydrogen) atoms. The lowest BCUT2D eigenvalue weighted by Gasteiger charge is -2.36. The first-order chi connectivity index (χ1) is 7.26. The number of nitriles is 1. The molecule has 3 nitrogen and oxygen atoms in total. The van der Waals surface area contributed by atoms with Gasteiger partial charge in [0.2, 0.25) is 0 Å². The van der Waals surface area contributed by atoms with Crippen LogP contribution in [0.3, 0.4) is 0 Å². The van der Waals surface area contributed by atoms with E-state index in [2.05, 4.69) is 44.9 Å². The van der Waals surface area contributed by atoms with E-state index in [0.29, 0.717) is 11.3 Å². The summed E-state index contributed by atoms with van der Waals surface area (Å²) < 4.78 is 6.03. The third-order valence-electron chi connectivity index (χ3n) is 3.02. The third kappa shape index (κ3) is 2.83. The molecule has 0 saturated heterocycles. The summed E-state index contributed by atoms with van der Waals surface area (Å²) in [6, 6.07) is 3.81. The van der Waals surface area contributed by atoms with E-state index in [1.165, 1.54) is 0 Å². The summed E-state index contributed by atoms with van der Waals surface area (Å²) in [7, 11) is -1.83. The van der Waals surface area contributed by atoms with Crippen molar-refractivity contribution < 1.29 is 4.43 Å². The van der Waals surface area contributed by atoms with Gasteiger partial charge in [0.15, 0.2) is 0 Å². The molecule has 0 radical (unpaired) electrons. The summed E-state index contributed by atoms with van der Waals surface area (Å²) >= 11 is 0. The van der Waals surface area contributed by atoms with Crippen molar-refractivity contribution in [1.29, 1.82) is 5.26 Å². The second kappa shape index (κ2) is 4.26. The summed E-state index contributed by atoms with van der Waals surface area (Å²) in [5.41, 5.74) is 0.538. The van der Waals surface area contributed by atoms with Gasteiger partial charge >= 0.3 is 0 Å². The van der Waals surface area contributed by atoms with Crippen molar-refractivity contribution in [2.45, 2.75) is 38.9 Å². The minimum atomic E-state index is -1.83. The van der Waals surface area contributed by atoms with Crippen LogP contribution in [0.25, 0.3) is 0 Å². The molecule has 0 saturated carbocycles. The molecule has 0 amide bonds. The predicted octanol–water partition coefficient (Wildman–Crippen LogP) is 3.34. The molecule has 0 fully saturated rings. The van der Waals surface area contributed by atoms with E-state index in [1.807, 2.05) is 0 Å². The lowest BCUT2D eigenvalue weighted by atomic mass is 10.2. The van der Waals surface area contributed by atoms with Crippen molar-refractivity contribution >= 4 is 8.32 Å². The fraction of sp³-hybridized carbons (Fsp3) is 0.500. The summed E-state index contributed by atoms with van der Waals surface area (Å²) in [5.74, 6) is 0.700. The average molecular weight is 234 g/mol. The molecule has 86 valence electrons. The van der Waals surface area contributed by atoms with Gasteiger partial charge in [0.05, 0.1) is 11.8 Å². The number of hydrogen-bond donors (Lipinski definition) is 0. The van der Waals surface area contributed by atoms with Crippen molar-refractivity contribution in [1.82, 2.24) is 4.98 Å². The second-order valence-corrected chi connectivity index (χ2v) is 10.1. The Hall–Kier alpha value is -1.34. The van der Waals surface area contributed by atoms with E-state index in [0.717, 1.165) is 0 Å². The van der Waals surface area contributed by atoms with Gasteiger partial charge < -0.3 is 4.43 Å². The van der Waals surface area contributed by atoms with E-state index < -0.39 is 8.32 Å². The molecule has 0 N–H and O–H groups in total. The van der Waals surface area contributed by atoms with Crippen LogP contribution in [-0.4, -0.2) is 13.3 Å². The Morgan fingerprint density at radius 1 is 1.31 bits per heavy atom. The maximum absolute atomic E-state index is 8.79. The van der Waals surface area contributed by atoms with Crippen LogP contribution >= 0.6 is 0 Å². The van der Waals surface area contributed by atoms with Crippen LogP contribution in [0.5, 0.6) is 5.75 Å². The monoisotopic (exact) mass is 234 g/mol. The number of hydrogen-bond acceptors (Lipinski definition) is 3. The summed E-state index contributed by atoms with van der Waals surface area (Å²) in [5, 5.41) is 8.93. The summed E-state index contributed by atoms with van der Waals surface area (Å²) in [6.45, 7) is 10.9. The third-order valence-corrected chi connectivity index (χ3v) is 7.38. The first kappa shape index (κ1) is 12.7. The zero-order valence-electron chi connectivity index (χ0n) is 10.5. The molecule has 1 heterocycles. The normalized spacial score (nSPS) is 12.0. The summed E-state index contributed by atoms with van der Waals surface area (Å²) in [6.07, 6.45) is 3.21. The van der Waals surface area contributed by atoms with Crippen molar-refractivity contribution in [2.75, 3.05) is 0 Å². The van der Waals surface area contributed by atoms with Gasteiger partial charge in [0.1, 0.15) is 11.8 Å². The lowest BCUT2D eigenvalue weighted by molar-refractivity contribution is 0.490. The van der Waals surface area contributed by atoms with Crippen molar-refractivity contribution in [2.24, 2.45) is 0 Å². The van der Waals surface area contributed by atoms with Gasteiger partial charge in [-0.1, -0.05) is 20.8 Å². The van der Waals surface area contributed by atoms with Crippen LogP contribution in [0.1, 0.15) is 26.3 Å². The van der Waals surface area contributed by atoms with Crippen molar-refractivity contribution in [3.05, 3.63) is 24.0 Å². The van der Waals surface area contributed by atoms with E-state index in [4.69, 9.17) is 9.69 Å². The van der Waals surface area contributed by atoms with Gasteiger partial charge in [-0.05, 0) is 24.2 Å². The molecule has 0 atom stereocenters. The first-order valence-electron chi connectivity index (χ1n) is 5.30. The molecular weight excluding hydrogens is 216 g/mol. The van der Waals surface area contributed by atoms with E-state index in [-0.39, 0.29) is 5.04 Å². The molecule has 4 heteroatoms. The number of aromatic nitrogens is 1. The van der Waals surface area contributed by atoms with Crippen molar-refractivity contribution in [3.8, 4) is 11.8 Å². The molecule has 0 bridgehead atoms. The molecule has 0 aromatic carbocycles. The highest BCUT2D eigenvalue weighted by Crippen LogP contribution is 2.37. The molecule has 0 aliphatic heterocycles. The molecule has 0 unspecified atom stereocenters. The largest absolute Gasteiger partial charge is 0.542 e. The number of pyridine rings is 1. The fourth-order valence-corrected chi connectivity index (χ4v) is 1.99. The van der Waals surface area contributed by atoms with Gasteiger partial charge in [-0.2, -0.15) is 5.26 Å². The summed E-state index contributed by atoms with van der Waals surface area (Å²) in [4.78, 5) is 4.00. The Bertz CT molecular complexity index is 416. The molecule has 1 rings (SSSR count). The highest BCUT2D eigenvalue weighted by Gasteiger charge is 2.39. The van der Waals surface area contributed by atoms with Gasteiger partial charge in [-0.3, -0.25) is 4.98 Å². The maximum atomic E-state index is 8.79. The van der Waals surface area contributed by atoms with E-state index in [1.54, 1.807) is 18.5 Å². The molecule has 1 aromatic rings. The first-order valence-corrected chi connectivity index (χ1v) is 8.21. The van der Waals surface area contributed by atoms with Crippen LogP contribution in [0.4, 0.5) is 0 Å². The van der Waals surface area contributed by atoms with Crippen LogP contribution in [0.2, 0.25) is 18.1 Å². The zero-order chi connectivity index (χ0) is 12.4. The minimum absolute atomic E-state index is 0.148. The lowest BCUT2D eigenvalue weighted by Crippen LogP contribution is -2.43. The molecule has 1 aromatic heterocycles. The van der Waals surface area contributed by atoms with Gasteiger partial charge in [0.25, 0.3) is 8.32 Å². The van der Waals surface area contributed by atoms with Crippen LogP contribution < -0.4 is 4.43 Å². The smallest absolute Gasteiger partial charge is 0.250 e. The topological polar surface area (TPSA) is 45.9 Å². The van der Waals surface area contributed by atoms with Gasteiger partial charge in [-0.25, -0.2) is 0 Å². The Kier molecular flexibility index (Phi) is 3.39. The highest BCUT2D eigenvalue weighted by atomic mass is 28.4. The van der Waals surface area contributed by atoms with E-state index in [9.17, 15) is 0 Å². The predicted molar refractivity (Wildman–Crippen MR) is 66.8 cm³/mol. The minimum Gasteiger partial charge on any atom is -0.542 e. The second-order valence-electron chi connectivity index (χ2n) is 5.38. The van der Waals surface area contributed by atoms with Crippen molar-refractivity contribution in [3.63, 3.8) is 0 Å². The van der Waals surface area contributed by atoms with Crippen LogP contribution in [-0.2, 0) is 0 Å². The fourth-order valence-electron chi connectivity index (χ4n) is 0.984. The Labute approximate surface area is 98.2 Å². The quantitative estimate of drug-likeness (QED) is 0.737. The zero-order valence-corrected chi connectivity index (χ0v) is 11.5. The van der Waals surface area contributed by atoms with E-state index >= 15 is 0 Å². The molecular formula is C12H18N2OSi. The Morgan fingerprint density at radius 3 is 2.44 bits per heavy atom. The molecule has 0 aliphatic carbocycles. The molecule has 0 aliphatic rings. The Balaban J connectivity index is 2.93. The maximum Gasteiger partial charge on any atom is 0.250 e. The average Bonchev–Trinajstić information content (AvgIpc) is 2.15. The number of rotatable bonds is 2. The standard InChI is InChI=1S/C12H18N2OSi/c1-12(2,3)16(4,5)15-11-6-10(7-13)8-14-9-11/h6,8-9H,1-5H3. The highest BCUT2D eigenvalue weighted by molar-refractivity contribution is 6.74. The van der Waals surface area contributed by atoms with Gasteiger partial charge in [0, 0.05) is 6.20 Å². The van der Waals surface area contributed by atoms with Crippen LogP contribution in [0.15, 0.2) is 18.5 Å².